The van der Waals surface area contributed by atoms with Crippen molar-refractivity contribution in [1.82, 2.24) is 9.80 Å². The molecule has 1 aromatic rings. The van der Waals surface area contributed by atoms with Crippen LogP contribution in [-0.4, -0.2) is 67.9 Å². The van der Waals surface area contributed by atoms with Crippen LogP contribution in [0.2, 0.25) is 0 Å². The summed E-state index contributed by atoms with van der Waals surface area (Å²) in [5.41, 5.74) is 1.84. The third-order valence-electron chi connectivity index (χ3n) is 5.53. The minimum absolute atomic E-state index is 0.0176. The predicted molar refractivity (Wildman–Crippen MR) is 107 cm³/mol. The van der Waals surface area contributed by atoms with E-state index in [-0.39, 0.29) is 6.03 Å². The Hall–Kier alpha value is -1.79. The largest absolute Gasteiger partial charge is 0.497 e. The van der Waals surface area contributed by atoms with Crippen LogP contribution in [0.3, 0.4) is 0 Å². The molecule has 6 heteroatoms. The van der Waals surface area contributed by atoms with Crippen LogP contribution in [0.15, 0.2) is 18.2 Å². The topological polar surface area (TPSA) is 54.0 Å². The molecule has 3 rings (SSSR count). The van der Waals surface area contributed by atoms with Crippen LogP contribution in [0.1, 0.15) is 32.3 Å². The van der Waals surface area contributed by atoms with Crippen LogP contribution >= 0.6 is 0 Å². The zero-order valence-electron chi connectivity index (χ0n) is 17.0. The van der Waals surface area contributed by atoms with Crippen LogP contribution < -0.4 is 10.1 Å². The van der Waals surface area contributed by atoms with Crippen LogP contribution in [0.5, 0.6) is 5.75 Å². The summed E-state index contributed by atoms with van der Waals surface area (Å²) in [5, 5.41) is 3.04. The Morgan fingerprint density at radius 3 is 2.59 bits per heavy atom. The van der Waals surface area contributed by atoms with Crippen LogP contribution in [0.25, 0.3) is 0 Å². The molecule has 2 amide bonds. The number of benzene rings is 1. The zero-order chi connectivity index (χ0) is 19.4. The molecule has 0 aromatic heterocycles. The first-order chi connectivity index (χ1) is 13.0. The third kappa shape index (κ3) is 4.93. The molecule has 0 saturated carbocycles. The fourth-order valence-corrected chi connectivity index (χ4v) is 3.96. The Labute approximate surface area is 162 Å². The fourth-order valence-electron chi connectivity index (χ4n) is 3.96. The van der Waals surface area contributed by atoms with Gasteiger partial charge in [-0.05, 0) is 49.4 Å². The first-order valence-electron chi connectivity index (χ1n) is 10.0. The molecule has 2 heterocycles. The van der Waals surface area contributed by atoms with Crippen molar-refractivity contribution in [2.45, 2.75) is 45.7 Å². The second-order valence-electron chi connectivity index (χ2n) is 8.10. The van der Waals surface area contributed by atoms with Crippen LogP contribution in [0.4, 0.5) is 10.5 Å². The monoisotopic (exact) mass is 375 g/mol. The molecule has 0 bridgehead atoms. The van der Waals surface area contributed by atoms with Gasteiger partial charge in [0.1, 0.15) is 5.75 Å². The summed E-state index contributed by atoms with van der Waals surface area (Å²) < 4.78 is 10.8. The van der Waals surface area contributed by atoms with E-state index in [1.165, 1.54) is 0 Å². The summed E-state index contributed by atoms with van der Waals surface area (Å²) in [6, 6.07) is 6.73. The smallest absolute Gasteiger partial charge is 0.321 e. The Balaban J connectivity index is 1.55. The first-order valence-corrected chi connectivity index (χ1v) is 10.0. The van der Waals surface area contributed by atoms with E-state index in [2.05, 4.69) is 24.1 Å². The lowest BCUT2D eigenvalue weighted by Gasteiger charge is -2.49. The number of likely N-dealkylation sites (tertiary alicyclic amines) is 1. The summed E-state index contributed by atoms with van der Waals surface area (Å²) in [5.74, 6) is 1.42. The summed E-state index contributed by atoms with van der Waals surface area (Å²) in [4.78, 5) is 17.1. The van der Waals surface area contributed by atoms with Gasteiger partial charge >= 0.3 is 6.03 Å². The Morgan fingerprint density at radius 2 is 2.00 bits per heavy atom. The van der Waals surface area contributed by atoms with Gasteiger partial charge in [0.05, 0.1) is 7.11 Å². The Morgan fingerprint density at radius 1 is 1.30 bits per heavy atom. The van der Waals surface area contributed by atoms with Crippen molar-refractivity contribution >= 4 is 11.7 Å². The van der Waals surface area contributed by atoms with E-state index in [0.717, 1.165) is 62.7 Å². The van der Waals surface area contributed by atoms with Crippen molar-refractivity contribution in [2.24, 2.45) is 5.92 Å². The number of aryl methyl sites for hydroxylation is 1. The molecule has 2 aliphatic heterocycles. The highest BCUT2D eigenvalue weighted by Gasteiger charge is 2.38. The quantitative estimate of drug-likeness (QED) is 0.828. The second-order valence-corrected chi connectivity index (χ2v) is 8.10. The molecule has 1 N–H and O–H groups in total. The minimum atomic E-state index is -0.0176. The Bertz CT molecular complexity index is 638. The molecule has 2 saturated heterocycles. The number of hydrogen-bond acceptors (Lipinski definition) is 4. The standard InChI is InChI=1S/C21H33N3O3/c1-15(2)12-24(17-7-9-27-10-8-17)18-13-23(14-18)21(25)22-20-6-5-19(26-4)11-16(20)3/h5-6,11,15,17-18H,7-10,12-14H2,1-4H3,(H,22,25). The van der Waals surface area contributed by atoms with Gasteiger partial charge < -0.3 is 19.7 Å². The maximum absolute atomic E-state index is 12.6. The molecule has 0 unspecified atom stereocenters. The van der Waals surface area contributed by atoms with Gasteiger partial charge in [-0.3, -0.25) is 4.90 Å². The highest BCUT2D eigenvalue weighted by molar-refractivity contribution is 5.90. The molecule has 27 heavy (non-hydrogen) atoms. The average molecular weight is 376 g/mol. The van der Waals surface area contributed by atoms with E-state index in [4.69, 9.17) is 9.47 Å². The molecule has 0 atom stereocenters. The number of urea groups is 1. The molecular weight excluding hydrogens is 342 g/mol. The van der Waals surface area contributed by atoms with Gasteiger partial charge in [-0.25, -0.2) is 4.79 Å². The first kappa shape index (κ1) is 20.0. The summed E-state index contributed by atoms with van der Waals surface area (Å²) in [7, 11) is 1.65. The van der Waals surface area contributed by atoms with Crippen molar-refractivity contribution in [3.05, 3.63) is 23.8 Å². The molecule has 0 aliphatic carbocycles. The molecule has 2 fully saturated rings. The molecule has 0 spiro atoms. The zero-order valence-corrected chi connectivity index (χ0v) is 17.0. The van der Waals surface area contributed by atoms with E-state index >= 15 is 0 Å². The lowest BCUT2D eigenvalue weighted by Crippen LogP contribution is -2.64. The van der Waals surface area contributed by atoms with Crippen LogP contribution in [-0.2, 0) is 4.74 Å². The maximum Gasteiger partial charge on any atom is 0.321 e. The third-order valence-corrected chi connectivity index (χ3v) is 5.53. The van der Waals surface area contributed by atoms with Crippen molar-refractivity contribution in [1.29, 1.82) is 0 Å². The Kier molecular flexibility index (Phi) is 6.60. The number of carbonyl (C=O) groups is 1. The number of carbonyl (C=O) groups excluding carboxylic acids is 1. The molecule has 150 valence electrons. The van der Waals surface area contributed by atoms with Crippen molar-refractivity contribution in [3.8, 4) is 5.75 Å². The van der Waals surface area contributed by atoms with Gasteiger partial charge in [-0.2, -0.15) is 0 Å². The van der Waals surface area contributed by atoms with E-state index in [1.54, 1.807) is 7.11 Å². The van der Waals surface area contributed by atoms with Gasteiger partial charge in [-0.15, -0.1) is 0 Å². The normalized spacial score (nSPS) is 18.7. The van der Waals surface area contributed by atoms with E-state index in [0.29, 0.717) is 18.0 Å². The summed E-state index contributed by atoms with van der Waals surface area (Å²) >= 11 is 0. The second kappa shape index (κ2) is 8.93. The lowest BCUT2D eigenvalue weighted by molar-refractivity contribution is -0.0229. The number of ether oxygens (including phenoxy) is 2. The van der Waals surface area contributed by atoms with E-state index in [1.807, 2.05) is 30.0 Å². The fraction of sp³-hybridized carbons (Fsp3) is 0.667. The number of nitrogens with zero attached hydrogens (tertiary/aromatic N) is 2. The SMILES string of the molecule is COc1ccc(NC(=O)N2CC(N(CC(C)C)C3CCOCC3)C2)c(C)c1. The number of nitrogens with one attached hydrogen (secondary N) is 1. The van der Waals surface area contributed by atoms with Crippen molar-refractivity contribution in [2.75, 3.05) is 45.3 Å². The molecule has 0 radical (unpaired) electrons. The highest BCUT2D eigenvalue weighted by atomic mass is 16.5. The summed E-state index contributed by atoms with van der Waals surface area (Å²) in [6.45, 7) is 10.9. The van der Waals surface area contributed by atoms with Crippen LogP contribution in [0, 0.1) is 12.8 Å². The number of hydrogen-bond donors (Lipinski definition) is 1. The minimum Gasteiger partial charge on any atom is -0.497 e. The highest BCUT2D eigenvalue weighted by Crippen LogP contribution is 2.26. The van der Waals surface area contributed by atoms with Gasteiger partial charge in [0.15, 0.2) is 0 Å². The van der Waals surface area contributed by atoms with E-state index < -0.39 is 0 Å². The van der Waals surface area contributed by atoms with Gasteiger partial charge in [0, 0.05) is 50.6 Å². The van der Waals surface area contributed by atoms with Gasteiger partial charge in [-0.1, -0.05) is 13.8 Å². The number of rotatable bonds is 6. The summed E-state index contributed by atoms with van der Waals surface area (Å²) in [6.07, 6.45) is 2.20. The van der Waals surface area contributed by atoms with Gasteiger partial charge in [0.2, 0.25) is 0 Å². The number of amides is 2. The maximum atomic E-state index is 12.6. The molecule has 2 aliphatic rings. The average Bonchev–Trinajstić information content (AvgIpc) is 2.61. The lowest BCUT2D eigenvalue weighted by atomic mass is 9.98. The molecular formula is C21H33N3O3. The molecule has 1 aromatic carbocycles. The van der Waals surface area contributed by atoms with Crippen molar-refractivity contribution in [3.63, 3.8) is 0 Å². The van der Waals surface area contributed by atoms with Gasteiger partial charge in [0.25, 0.3) is 0 Å². The van der Waals surface area contributed by atoms with Crippen molar-refractivity contribution < 1.29 is 14.3 Å². The molecule has 6 nitrogen and oxygen atoms in total. The predicted octanol–water partition coefficient (Wildman–Crippen LogP) is 3.36. The van der Waals surface area contributed by atoms with E-state index in [9.17, 15) is 4.79 Å². The number of anilines is 1. The number of methoxy groups -OCH3 is 1.